The van der Waals surface area contributed by atoms with E-state index in [2.05, 4.69) is 0 Å². The third-order valence-corrected chi connectivity index (χ3v) is 10.8. The van der Waals surface area contributed by atoms with Gasteiger partial charge in [-0.3, -0.25) is 0 Å². The fourth-order valence-electron chi connectivity index (χ4n) is 7.67. The van der Waals surface area contributed by atoms with Crippen LogP contribution in [0, 0.1) is 11.8 Å². The Morgan fingerprint density at radius 2 is 0.983 bits per heavy atom. The van der Waals surface area contributed by atoms with Crippen LogP contribution >= 0.6 is 0 Å². The summed E-state index contributed by atoms with van der Waals surface area (Å²) in [4.78, 5) is 0. The van der Waals surface area contributed by atoms with Crippen molar-refractivity contribution in [3.05, 3.63) is 99.6 Å². The molecule has 0 amide bonds. The van der Waals surface area contributed by atoms with Crippen molar-refractivity contribution in [3.63, 3.8) is 0 Å². The molecule has 0 aromatic heterocycles. The lowest BCUT2D eigenvalue weighted by Gasteiger charge is -2.26. The highest BCUT2D eigenvalue weighted by atomic mass is 16.5. The maximum absolute atomic E-state index is 11.1. The Hall–Kier alpha value is -4.88. The molecule has 4 aromatic carbocycles. The van der Waals surface area contributed by atoms with Crippen molar-refractivity contribution >= 4 is 0 Å². The minimum Gasteiger partial charge on any atom is -0.508 e. The Balaban J connectivity index is 1.22. The summed E-state index contributed by atoms with van der Waals surface area (Å²) < 4.78 is 41.4. The molecular weight excluding hydrogens is 760 g/mol. The molecule has 6 rings (SSSR count). The van der Waals surface area contributed by atoms with Crippen molar-refractivity contribution < 1.29 is 79.1 Å². The largest absolute Gasteiger partial charge is 0.508 e. The maximum Gasteiger partial charge on any atom is 0.167 e. The number of ether oxygens (including phenoxy) is 7. The molecule has 8 atom stereocenters. The smallest absolute Gasteiger partial charge is 0.167 e. The lowest BCUT2D eigenvalue weighted by molar-refractivity contribution is -0.00187. The van der Waals surface area contributed by atoms with Gasteiger partial charge in [-0.05, 0) is 70.8 Å². The lowest BCUT2D eigenvalue weighted by atomic mass is 9.84. The molecule has 0 saturated carbocycles. The van der Waals surface area contributed by atoms with E-state index in [1.54, 1.807) is 24.3 Å². The highest BCUT2D eigenvalue weighted by molar-refractivity contribution is 5.52. The predicted octanol–water partition coefficient (Wildman–Crippen LogP) is 2.62. The van der Waals surface area contributed by atoms with Gasteiger partial charge in [0.05, 0.1) is 79.8 Å². The van der Waals surface area contributed by atoms with Crippen LogP contribution in [0.15, 0.2) is 60.7 Å². The van der Waals surface area contributed by atoms with E-state index in [-0.39, 0.29) is 63.2 Å². The van der Waals surface area contributed by atoms with E-state index < -0.39 is 69.7 Å². The number of phenols is 2. The second kappa shape index (κ2) is 18.8. The van der Waals surface area contributed by atoms with Gasteiger partial charge in [-0.2, -0.15) is 0 Å². The zero-order chi connectivity index (χ0) is 41.7. The number of fused-ring (bicyclic) bond motifs is 1. The summed E-state index contributed by atoms with van der Waals surface area (Å²) >= 11 is 0. The van der Waals surface area contributed by atoms with Gasteiger partial charge < -0.3 is 79.1 Å². The molecule has 58 heavy (non-hydrogen) atoms. The third-order valence-electron chi connectivity index (χ3n) is 10.8. The highest BCUT2D eigenvalue weighted by Gasteiger charge is 2.49. The number of benzene rings is 4. The van der Waals surface area contributed by atoms with E-state index in [9.17, 15) is 46.0 Å². The number of hydrogen-bond acceptors (Lipinski definition) is 16. The van der Waals surface area contributed by atoms with Crippen LogP contribution in [0.1, 0.15) is 63.4 Å². The SMILES string of the molecule is COc1cc(C(O)C(CO)Oc2c(CO)cc([C@H]3OC[C@H]4[C@@H]3CO[C@@H]4c3cc(CO)c(OC(CO)C(O)c4ccc(O)c(CO)c4)c(OC)c3)cc2OC)ccc1O. The van der Waals surface area contributed by atoms with Crippen molar-refractivity contribution in [3.8, 4) is 40.2 Å². The van der Waals surface area contributed by atoms with Gasteiger partial charge in [0.15, 0.2) is 46.7 Å². The minimum atomic E-state index is -1.37. The summed E-state index contributed by atoms with van der Waals surface area (Å²) in [5.41, 5.74) is 2.79. The number of phenolic OH excluding ortho intramolecular Hbond substituents is 1. The summed E-state index contributed by atoms with van der Waals surface area (Å²) in [6, 6.07) is 15.3. The topological polar surface area (TPSA) is 247 Å². The quantitative estimate of drug-likeness (QED) is 0.0701. The minimum absolute atomic E-state index is 0.104. The first-order chi connectivity index (χ1) is 28.0. The van der Waals surface area contributed by atoms with E-state index in [0.717, 1.165) is 0 Å². The molecule has 0 spiro atoms. The highest BCUT2D eigenvalue weighted by Crippen LogP contribution is 2.53. The summed E-state index contributed by atoms with van der Waals surface area (Å²) in [5.74, 6) is 0.249. The normalized spacial score (nSPS) is 20.9. The molecule has 2 heterocycles. The molecule has 314 valence electrons. The number of methoxy groups -OCH3 is 3. The summed E-state index contributed by atoms with van der Waals surface area (Å²) in [7, 11) is 4.22. The van der Waals surface area contributed by atoms with E-state index in [1.807, 2.05) is 0 Å². The number of rotatable bonds is 18. The van der Waals surface area contributed by atoms with Crippen LogP contribution in [-0.4, -0.2) is 106 Å². The summed E-state index contributed by atoms with van der Waals surface area (Å²) in [6.07, 6.45) is -6.08. The van der Waals surface area contributed by atoms with Gasteiger partial charge >= 0.3 is 0 Å². The Labute approximate surface area is 334 Å². The van der Waals surface area contributed by atoms with Gasteiger partial charge in [-0.25, -0.2) is 0 Å². The first-order valence-electron chi connectivity index (χ1n) is 18.6. The van der Waals surface area contributed by atoms with Crippen LogP contribution in [-0.2, 0) is 29.3 Å². The van der Waals surface area contributed by atoms with E-state index in [0.29, 0.717) is 41.0 Å². The average Bonchev–Trinajstić information content (AvgIpc) is 3.87. The maximum atomic E-state index is 11.1. The summed E-state index contributed by atoms with van der Waals surface area (Å²) in [6.45, 7) is -2.01. The van der Waals surface area contributed by atoms with Crippen LogP contribution in [0.5, 0.6) is 40.2 Å². The van der Waals surface area contributed by atoms with Crippen molar-refractivity contribution in [2.45, 2.75) is 56.4 Å². The van der Waals surface area contributed by atoms with Gasteiger partial charge in [0.2, 0.25) is 0 Å². The Bertz CT molecular complexity index is 1830. The zero-order valence-corrected chi connectivity index (χ0v) is 32.2. The van der Waals surface area contributed by atoms with Gasteiger partial charge in [0, 0.05) is 28.5 Å². The monoisotopic (exact) mass is 810 g/mol. The fraction of sp³-hybridized carbons (Fsp3) is 0.429. The first-order valence-corrected chi connectivity index (χ1v) is 18.6. The third kappa shape index (κ3) is 8.47. The van der Waals surface area contributed by atoms with Crippen LogP contribution in [0.2, 0.25) is 0 Å². The Morgan fingerprint density at radius 1 is 0.552 bits per heavy atom. The second-order valence-corrected chi connectivity index (χ2v) is 14.1. The average molecular weight is 811 g/mol. The standard InChI is InChI=1S/C42H50O16/c1-52-32-11-22(5-7-31(32)49)38(51)36(18-47)58-42-27(16-45)10-24(13-34(42)54-3)40-29-20-55-39(28(29)19-56-40)23-9-26(15-44)41(33(12-23)53-2)57-35(17-46)37(50)21-4-6-30(48)25(8-21)14-43/h4-13,28-29,35-40,43-51H,14-20H2,1-3H3/t28-,29-,35?,36?,37?,38?,39+,40+/m0/s1. The van der Waals surface area contributed by atoms with E-state index in [4.69, 9.17) is 33.2 Å². The van der Waals surface area contributed by atoms with Crippen molar-refractivity contribution in [2.24, 2.45) is 11.8 Å². The van der Waals surface area contributed by atoms with Crippen molar-refractivity contribution in [1.29, 1.82) is 0 Å². The van der Waals surface area contributed by atoms with Crippen LogP contribution in [0.3, 0.4) is 0 Å². The molecule has 2 aliphatic heterocycles. The predicted molar refractivity (Wildman–Crippen MR) is 204 cm³/mol. The first kappa shape index (κ1) is 42.7. The molecule has 0 bridgehead atoms. The van der Waals surface area contributed by atoms with E-state index >= 15 is 0 Å². The van der Waals surface area contributed by atoms with Crippen molar-refractivity contribution in [1.82, 2.24) is 0 Å². The number of aliphatic hydroxyl groups is 7. The van der Waals surface area contributed by atoms with Gasteiger partial charge in [-0.1, -0.05) is 12.1 Å². The number of aliphatic hydroxyl groups excluding tert-OH is 7. The van der Waals surface area contributed by atoms with Crippen LogP contribution < -0.4 is 23.7 Å². The van der Waals surface area contributed by atoms with Crippen LogP contribution in [0.25, 0.3) is 0 Å². The molecule has 4 aromatic rings. The Kier molecular flexibility index (Phi) is 13.8. The van der Waals surface area contributed by atoms with Crippen molar-refractivity contribution in [2.75, 3.05) is 47.8 Å². The zero-order valence-electron chi connectivity index (χ0n) is 32.2. The molecule has 16 heteroatoms. The molecule has 0 radical (unpaired) electrons. The molecule has 2 saturated heterocycles. The van der Waals surface area contributed by atoms with Crippen LogP contribution in [0.4, 0.5) is 0 Å². The van der Waals surface area contributed by atoms with Gasteiger partial charge in [-0.15, -0.1) is 0 Å². The molecule has 9 N–H and O–H groups in total. The second-order valence-electron chi connectivity index (χ2n) is 14.1. The lowest BCUT2D eigenvalue weighted by Crippen LogP contribution is -2.30. The van der Waals surface area contributed by atoms with Gasteiger partial charge in [0.25, 0.3) is 0 Å². The van der Waals surface area contributed by atoms with E-state index in [1.165, 1.54) is 57.7 Å². The fourth-order valence-corrected chi connectivity index (χ4v) is 7.67. The summed E-state index contributed by atoms with van der Waals surface area (Å²) in [5, 5.41) is 93.1. The molecule has 2 fully saturated rings. The molecule has 2 aliphatic rings. The Morgan fingerprint density at radius 3 is 1.40 bits per heavy atom. The molecular formula is C42H50O16. The number of aromatic hydroxyl groups is 2. The molecule has 0 aliphatic carbocycles. The molecule has 4 unspecified atom stereocenters. The van der Waals surface area contributed by atoms with Gasteiger partial charge in [0.1, 0.15) is 18.0 Å². The molecule has 16 nitrogen and oxygen atoms in total. The number of hydrogen-bond donors (Lipinski definition) is 9.